The Bertz CT molecular complexity index is 359. The van der Waals surface area contributed by atoms with Crippen LogP contribution < -0.4 is 4.72 Å². The molecule has 1 N–H and O–H groups in total. The fourth-order valence-electron chi connectivity index (χ4n) is 0.601. The number of halogens is 1. The molecule has 0 saturated carbocycles. The summed E-state index contributed by atoms with van der Waals surface area (Å²) in [6, 6.07) is 0. The van der Waals surface area contributed by atoms with Gasteiger partial charge in [-0.15, -0.1) is 11.3 Å². The van der Waals surface area contributed by atoms with Crippen LogP contribution in [-0.4, -0.2) is 20.4 Å². The van der Waals surface area contributed by atoms with Crippen LogP contribution in [0, 0.1) is 0 Å². The van der Waals surface area contributed by atoms with E-state index in [1.54, 1.807) is 0 Å². The van der Waals surface area contributed by atoms with Crippen molar-refractivity contribution in [3.63, 3.8) is 0 Å². The van der Waals surface area contributed by atoms with Crippen LogP contribution in [0.5, 0.6) is 0 Å². The van der Waals surface area contributed by atoms with E-state index in [1.807, 2.05) is 0 Å². The van der Waals surface area contributed by atoms with Gasteiger partial charge in [-0.25, -0.2) is 18.1 Å². The van der Waals surface area contributed by atoms with Gasteiger partial charge in [0.25, 0.3) is 0 Å². The molecule has 1 heterocycles. The molecule has 12 heavy (non-hydrogen) atoms. The largest absolute Gasteiger partial charge is 0.247 e. The standard InChI is InChI=1S/C5H7ClN2O2S2/c1-7-12(9,10)2-4-5(6)11-3-8-4/h3,7H,2H2,1H3. The molecule has 0 atom stereocenters. The summed E-state index contributed by atoms with van der Waals surface area (Å²) in [5.74, 6) is -0.161. The van der Waals surface area contributed by atoms with E-state index in [0.29, 0.717) is 10.0 Å². The van der Waals surface area contributed by atoms with Crippen LogP contribution in [-0.2, 0) is 15.8 Å². The molecule has 0 aliphatic heterocycles. The van der Waals surface area contributed by atoms with E-state index in [2.05, 4.69) is 9.71 Å². The van der Waals surface area contributed by atoms with Crippen molar-refractivity contribution in [1.82, 2.24) is 9.71 Å². The number of hydrogen-bond acceptors (Lipinski definition) is 4. The quantitative estimate of drug-likeness (QED) is 0.831. The average Bonchev–Trinajstić information content (AvgIpc) is 2.36. The van der Waals surface area contributed by atoms with E-state index >= 15 is 0 Å². The van der Waals surface area contributed by atoms with Gasteiger partial charge in [0.2, 0.25) is 10.0 Å². The first kappa shape index (κ1) is 9.91. The highest BCUT2D eigenvalue weighted by Gasteiger charge is 2.13. The van der Waals surface area contributed by atoms with Crippen molar-refractivity contribution in [1.29, 1.82) is 0 Å². The van der Waals surface area contributed by atoms with Crippen molar-refractivity contribution in [2.75, 3.05) is 7.05 Å². The minimum absolute atomic E-state index is 0.161. The Morgan fingerprint density at radius 2 is 2.42 bits per heavy atom. The molecule has 0 aromatic carbocycles. The van der Waals surface area contributed by atoms with Crippen molar-refractivity contribution < 1.29 is 8.42 Å². The number of aromatic nitrogens is 1. The number of hydrogen-bond donors (Lipinski definition) is 1. The van der Waals surface area contributed by atoms with Gasteiger partial charge in [-0.3, -0.25) is 0 Å². The molecular formula is C5H7ClN2O2S2. The van der Waals surface area contributed by atoms with Crippen molar-refractivity contribution in [2.45, 2.75) is 5.75 Å². The van der Waals surface area contributed by atoms with Crippen LogP contribution in [0.25, 0.3) is 0 Å². The predicted octanol–water partition coefficient (Wildman–Crippen LogP) is 0.846. The molecule has 68 valence electrons. The molecular weight excluding hydrogens is 220 g/mol. The topological polar surface area (TPSA) is 59.1 Å². The number of sulfonamides is 1. The monoisotopic (exact) mass is 226 g/mol. The summed E-state index contributed by atoms with van der Waals surface area (Å²) < 4.78 is 24.6. The number of nitrogens with one attached hydrogen (secondary N) is 1. The van der Waals surface area contributed by atoms with Gasteiger partial charge in [-0.2, -0.15) is 0 Å². The van der Waals surface area contributed by atoms with Crippen LogP contribution in [0.2, 0.25) is 4.34 Å². The lowest BCUT2D eigenvalue weighted by Gasteiger charge is -1.98. The van der Waals surface area contributed by atoms with E-state index in [9.17, 15) is 8.42 Å². The summed E-state index contributed by atoms with van der Waals surface area (Å²) in [6.45, 7) is 0. The third-order valence-corrected chi connectivity index (χ3v) is 3.64. The molecule has 7 heteroatoms. The van der Waals surface area contributed by atoms with Gasteiger partial charge in [-0.1, -0.05) is 11.6 Å². The Hall–Kier alpha value is -0.170. The second-order valence-electron chi connectivity index (χ2n) is 2.04. The van der Waals surface area contributed by atoms with Gasteiger partial charge in [0, 0.05) is 0 Å². The Balaban J connectivity index is 2.84. The fraction of sp³-hybridized carbons (Fsp3) is 0.400. The zero-order valence-corrected chi connectivity index (χ0v) is 8.63. The van der Waals surface area contributed by atoms with Crippen molar-refractivity contribution >= 4 is 33.0 Å². The zero-order chi connectivity index (χ0) is 9.19. The Kier molecular flexibility index (Phi) is 3.05. The molecule has 1 aromatic rings. The molecule has 0 amide bonds. The molecule has 0 bridgehead atoms. The summed E-state index contributed by atoms with van der Waals surface area (Å²) in [7, 11) is -1.90. The van der Waals surface area contributed by atoms with E-state index in [0.717, 1.165) is 0 Å². The van der Waals surface area contributed by atoms with Gasteiger partial charge in [0.15, 0.2) is 0 Å². The molecule has 1 rings (SSSR count). The Morgan fingerprint density at radius 3 is 2.83 bits per heavy atom. The summed E-state index contributed by atoms with van der Waals surface area (Å²) in [5, 5.41) is 0. The smallest absolute Gasteiger partial charge is 0.217 e. The van der Waals surface area contributed by atoms with Crippen LogP contribution in [0.3, 0.4) is 0 Å². The highest BCUT2D eigenvalue weighted by Crippen LogP contribution is 2.20. The van der Waals surface area contributed by atoms with Crippen LogP contribution in [0.15, 0.2) is 5.51 Å². The second kappa shape index (κ2) is 3.69. The highest BCUT2D eigenvalue weighted by atomic mass is 35.5. The maximum Gasteiger partial charge on any atom is 0.217 e. The number of nitrogens with zero attached hydrogens (tertiary/aromatic N) is 1. The van der Waals surface area contributed by atoms with Gasteiger partial charge in [-0.05, 0) is 7.05 Å². The van der Waals surface area contributed by atoms with Crippen molar-refractivity contribution in [2.24, 2.45) is 0 Å². The van der Waals surface area contributed by atoms with Crippen LogP contribution in [0.1, 0.15) is 5.69 Å². The minimum atomic E-state index is -3.26. The van der Waals surface area contributed by atoms with Gasteiger partial charge in [0.1, 0.15) is 10.1 Å². The van der Waals surface area contributed by atoms with Gasteiger partial charge in [0.05, 0.1) is 11.2 Å². The van der Waals surface area contributed by atoms with Crippen molar-refractivity contribution in [3.8, 4) is 0 Å². The minimum Gasteiger partial charge on any atom is -0.247 e. The lowest BCUT2D eigenvalue weighted by atomic mass is 10.6. The number of thiazole rings is 1. The normalized spacial score (nSPS) is 11.8. The molecule has 0 aliphatic carbocycles. The lowest BCUT2D eigenvalue weighted by Crippen LogP contribution is -2.20. The zero-order valence-electron chi connectivity index (χ0n) is 6.24. The molecule has 0 unspecified atom stereocenters. The molecule has 0 aliphatic rings. The molecule has 4 nitrogen and oxygen atoms in total. The first-order valence-corrected chi connectivity index (χ1v) is 5.95. The summed E-state index contributed by atoms with van der Waals surface area (Å²) in [5.41, 5.74) is 1.92. The van der Waals surface area contributed by atoms with Crippen LogP contribution in [0.4, 0.5) is 0 Å². The maximum absolute atomic E-state index is 11.0. The predicted molar refractivity (Wildman–Crippen MR) is 48.8 cm³/mol. The second-order valence-corrected chi connectivity index (χ2v) is 5.42. The SMILES string of the molecule is CNS(=O)(=O)Cc1ncsc1Cl. The number of rotatable bonds is 3. The molecule has 0 fully saturated rings. The van der Waals surface area contributed by atoms with Gasteiger partial charge < -0.3 is 0 Å². The third kappa shape index (κ3) is 2.41. The first-order chi connectivity index (χ1) is 5.55. The van der Waals surface area contributed by atoms with Crippen molar-refractivity contribution in [3.05, 3.63) is 15.5 Å². The summed E-state index contributed by atoms with van der Waals surface area (Å²) in [4.78, 5) is 3.82. The van der Waals surface area contributed by atoms with Gasteiger partial charge >= 0.3 is 0 Å². The fourth-order valence-corrected chi connectivity index (χ4v) is 2.26. The molecule has 0 saturated heterocycles. The first-order valence-electron chi connectivity index (χ1n) is 3.04. The third-order valence-electron chi connectivity index (χ3n) is 1.23. The Labute approximate surface area is 79.6 Å². The summed E-state index contributed by atoms with van der Waals surface area (Å²) >= 11 is 6.88. The lowest BCUT2D eigenvalue weighted by molar-refractivity contribution is 0.587. The van der Waals surface area contributed by atoms with Crippen LogP contribution >= 0.6 is 22.9 Å². The Morgan fingerprint density at radius 1 is 1.75 bits per heavy atom. The maximum atomic E-state index is 11.0. The average molecular weight is 227 g/mol. The van der Waals surface area contributed by atoms with E-state index in [1.165, 1.54) is 23.9 Å². The van der Waals surface area contributed by atoms with E-state index in [4.69, 9.17) is 11.6 Å². The highest BCUT2D eigenvalue weighted by molar-refractivity contribution is 7.88. The molecule has 0 radical (unpaired) electrons. The molecule has 1 aromatic heterocycles. The molecule has 0 spiro atoms. The summed E-state index contributed by atoms with van der Waals surface area (Å²) in [6.07, 6.45) is 0. The van der Waals surface area contributed by atoms with E-state index < -0.39 is 10.0 Å². The van der Waals surface area contributed by atoms with E-state index in [-0.39, 0.29) is 5.75 Å².